The molecule has 0 aromatic carbocycles. The van der Waals surface area contributed by atoms with Crippen LogP contribution in [0.15, 0.2) is 38.3 Å². The third-order valence-electron chi connectivity index (χ3n) is 3.25. The molecule has 0 aliphatic carbocycles. The van der Waals surface area contributed by atoms with Gasteiger partial charge in [-0.25, -0.2) is 4.98 Å². The van der Waals surface area contributed by atoms with Gasteiger partial charge in [-0.2, -0.15) is 10.5 Å². The predicted octanol–water partition coefficient (Wildman–Crippen LogP) is 2.56. The fourth-order valence-corrected chi connectivity index (χ4v) is 2.76. The molecule has 0 saturated carbocycles. The number of nitrogens with one attached hydrogen (secondary N) is 1. The first-order valence-electron chi connectivity index (χ1n) is 7.22. The van der Waals surface area contributed by atoms with Gasteiger partial charge >= 0.3 is 0 Å². The SMILES string of the molecule is N#Cc1cc(Br)c[nH]c1=O.N#Cc1cc(Br)cnc1N1CCOCC1. The number of halogens is 2. The monoisotopic (exact) mass is 465 g/mol. The van der Waals surface area contributed by atoms with E-state index in [-0.39, 0.29) is 11.1 Å². The average Bonchev–Trinajstić information content (AvgIpc) is 2.64. The Hall–Kier alpha value is -2.20. The summed E-state index contributed by atoms with van der Waals surface area (Å²) >= 11 is 6.42. The molecule has 0 bridgehead atoms. The summed E-state index contributed by atoms with van der Waals surface area (Å²) in [5.41, 5.74) is 0.367. The van der Waals surface area contributed by atoms with Crippen LogP contribution in [0.2, 0.25) is 0 Å². The molecule has 7 nitrogen and oxygen atoms in total. The highest BCUT2D eigenvalue weighted by Gasteiger charge is 2.16. The first-order valence-corrected chi connectivity index (χ1v) is 8.80. The van der Waals surface area contributed by atoms with E-state index in [1.807, 2.05) is 0 Å². The molecule has 0 spiro atoms. The van der Waals surface area contributed by atoms with E-state index in [4.69, 9.17) is 15.3 Å². The zero-order valence-electron chi connectivity index (χ0n) is 13.0. The van der Waals surface area contributed by atoms with Crippen LogP contribution in [0, 0.1) is 22.7 Å². The van der Waals surface area contributed by atoms with E-state index in [1.54, 1.807) is 18.3 Å². The van der Waals surface area contributed by atoms with E-state index in [9.17, 15) is 4.79 Å². The highest BCUT2D eigenvalue weighted by molar-refractivity contribution is 9.10. The zero-order valence-corrected chi connectivity index (χ0v) is 16.2. The van der Waals surface area contributed by atoms with Crippen LogP contribution in [0.4, 0.5) is 5.82 Å². The van der Waals surface area contributed by atoms with Crippen molar-refractivity contribution in [2.75, 3.05) is 31.2 Å². The maximum absolute atomic E-state index is 10.7. The quantitative estimate of drug-likeness (QED) is 0.692. The van der Waals surface area contributed by atoms with E-state index in [0.717, 1.165) is 23.4 Å². The minimum atomic E-state index is -0.356. The third kappa shape index (κ3) is 5.40. The summed E-state index contributed by atoms with van der Waals surface area (Å²) in [7, 11) is 0. The minimum absolute atomic E-state index is 0.120. The van der Waals surface area contributed by atoms with Crippen molar-refractivity contribution in [1.82, 2.24) is 9.97 Å². The summed E-state index contributed by atoms with van der Waals surface area (Å²) in [6, 6.07) is 7.18. The smallest absolute Gasteiger partial charge is 0.265 e. The third-order valence-corrected chi connectivity index (χ3v) is 4.14. The maximum atomic E-state index is 10.7. The largest absolute Gasteiger partial charge is 0.378 e. The second-order valence-corrected chi connectivity index (χ2v) is 6.74. The van der Waals surface area contributed by atoms with Crippen molar-refractivity contribution in [3.63, 3.8) is 0 Å². The lowest BCUT2D eigenvalue weighted by Gasteiger charge is -2.28. The Bertz CT molecular complexity index is 879. The minimum Gasteiger partial charge on any atom is -0.378 e. The van der Waals surface area contributed by atoms with E-state index in [2.05, 4.69) is 52.8 Å². The standard InChI is InChI=1S/C10H10BrN3O.C6H3BrN2O/c11-9-5-8(6-12)10(13-7-9)14-1-3-15-4-2-14;7-5-1-4(2-8)6(10)9-3-5/h5,7H,1-4H2;1,3H,(H,9,10). The van der Waals surface area contributed by atoms with Gasteiger partial charge in [0.2, 0.25) is 0 Å². The summed E-state index contributed by atoms with van der Waals surface area (Å²) in [5.74, 6) is 0.754. The Labute approximate surface area is 161 Å². The number of aromatic nitrogens is 2. The molecule has 1 aliphatic heterocycles. The molecular formula is C16H13Br2N5O2. The number of aromatic amines is 1. The lowest BCUT2D eigenvalue weighted by atomic mass is 10.2. The first kappa shape index (κ1) is 19.1. The van der Waals surface area contributed by atoms with Crippen LogP contribution < -0.4 is 10.5 Å². The number of H-pyrrole nitrogens is 1. The van der Waals surface area contributed by atoms with Gasteiger partial charge < -0.3 is 14.6 Å². The summed E-state index contributed by atoms with van der Waals surface area (Å²) in [6.07, 6.45) is 3.20. The van der Waals surface area contributed by atoms with Crippen LogP contribution in [0.25, 0.3) is 0 Å². The normalized spacial score (nSPS) is 13.2. The summed E-state index contributed by atoms with van der Waals surface area (Å²) in [5, 5.41) is 17.4. The number of morpholine rings is 1. The zero-order chi connectivity index (χ0) is 18.2. The summed E-state index contributed by atoms with van der Waals surface area (Å²) in [4.78, 5) is 19.4. The Morgan fingerprint density at radius 1 is 1.12 bits per heavy atom. The molecule has 1 aliphatic rings. The number of nitrogens with zero attached hydrogens (tertiary/aromatic N) is 4. The number of hydrogen-bond acceptors (Lipinski definition) is 6. The van der Waals surface area contributed by atoms with Gasteiger partial charge in [-0.05, 0) is 44.0 Å². The van der Waals surface area contributed by atoms with Crippen LogP contribution in [0.3, 0.4) is 0 Å². The van der Waals surface area contributed by atoms with Gasteiger partial charge in [-0.15, -0.1) is 0 Å². The number of pyridine rings is 2. The fourth-order valence-electron chi connectivity index (χ4n) is 2.08. The number of hydrogen-bond donors (Lipinski definition) is 1. The summed E-state index contributed by atoms with van der Waals surface area (Å²) < 4.78 is 6.78. The lowest BCUT2D eigenvalue weighted by Crippen LogP contribution is -2.37. The van der Waals surface area contributed by atoms with E-state index >= 15 is 0 Å². The highest BCUT2D eigenvalue weighted by atomic mass is 79.9. The summed E-state index contributed by atoms with van der Waals surface area (Å²) in [6.45, 7) is 2.98. The average molecular weight is 467 g/mol. The van der Waals surface area contributed by atoms with Crippen molar-refractivity contribution in [1.29, 1.82) is 10.5 Å². The van der Waals surface area contributed by atoms with Gasteiger partial charge in [0.1, 0.15) is 23.5 Å². The van der Waals surface area contributed by atoms with Crippen LogP contribution in [0.1, 0.15) is 11.1 Å². The molecule has 0 radical (unpaired) electrons. The molecule has 128 valence electrons. The first-order chi connectivity index (χ1) is 12.0. The van der Waals surface area contributed by atoms with Crippen molar-refractivity contribution in [2.45, 2.75) is 0 Å². The van der Waals surface area contributed by atoms with Crippen molar-refractivity contribution >= 4 is 37.7 Å². The van der Waals surface area contributed by atoms with Crippen molar-refractivity contribution in [3.05, 3.63) is 55.0 Å². The molecule has 0 amide bonds. The number of rotatable bonds is 1. The predicted molar refractivity (Wildman–Crippen MR) is 99.2 cm³/mol. The molecule has 2 aromatic rings. The lowest BCUT2D eigenvalue weighted by molar-refractivity contribution is 0.122. The molecule has 25 heavy (non-hydrogen) atoms. The fraction of sp³-hybridized carbons (Fsp3) is 0.250. The van der Waals surface area contributed by atoms with Gasteiger partial charge in [0.05, 0.1) is 18.8 Å². The Kier molecular flexibility index (Phi) is 7.14. The Morgan fingerprint density at radius 2 is 1.76 bits per heavy atom. The Morgan fingerprint density at radius 3 is 2.36 bits per heavy atom. The van der Waals surface area contributed by atoms with Gasteiger partial charge in [0, 0.05) is 34.4 Å². The molecular weight excluding hydrogens is 454 g/mol. The van der Waals surface area contributed by atoms with Gasteiger partial charge in [0.25, 0.3) is 5.56 Å². The van der Waals surface area contributed by atoms with Crippen LogP contribution in [-0.2, 0) is 4.74 Å². The van der Waals surface area contributed by atoms with Gasteiger partial charge in [-0.3, -0.25) is 4.79 Å². The molecule has 3 heterocycles. The van der Waals surface area contributed by atoms with Crippen molar-refractivity contribution in [3.8, 4) is 12.1 Å². The molecule has 0 atom stereocenters. The second-order valence-electron chi connectivity index (χ2n) is 4.91. The van der Waals surface area contributed by atoms with E-state index in [0.29, 0.717) is 23.2 Å². The van der Waals surface area contributed by atoms with Crippen LogP contribution in [-0.4, -0.2) is 36.3 Å². The van der Waals surface area contributed by atoms with Crippen LogP contribution >= 0.6 is 31.9 Å². The molecule has 9 heteroatoms. The van der Waals surface area contributed by atoms with Gasteiger partial charge in [-0.1, -0.05) is 0 Å². The second kappa shape index (κ2) is 9.33. The number of nitriles is 2. The maximum Gasteiger partial charge on any atom is 0.265 e. The molecule has 0 unspecified atom stereocenters. The highest BCUT2D eigenvalue weighted by Crippen LogP contribution is 2.21. The van der Waals surface area contributed by atoms with Gasteiger partial charge in [0.15, 0.2) is 0 Å². The van der Waals surface area contributed by atoms with Crippen molar-refractivity contribution in [2.24, 2.45) is 0 Å². The van der Waals surface area contributed by atoms with E-state index in [1.165, 1.54) is 12.3 Å². The van der Waals surface area contributed by atoms with E-state index < -0.39 is 0 Å². The molecule has 1 saturated heterocycles. The number of anilines is 1. The van der Waals surface area contributed by atoms with Crippen LogP contribution in [0.5, 0.6) is 0 Å². The molecule has 1 N–H and O–H groups in total. The Balaban J connectivity index is 0.000000196. The van der Waals surface area contributed by atoms with Crippen molar-refractivity contribution < 1.29 is 4.74 Å². The molecule has 1 fully saturated rings. The molecule has 2 aromatic heterocycles. The number of ether oxygens (including phenoxy) is 1. The topological polar surface area (TPSA) is 106 Å². The molecule has 3 rings (SSSR count).